The maximum atomic E-state index is 12.7. The van der Waals surface area contributed by atoms with E-state index in [-0.39, 0.29) is 19.4 Å². The van der Waals surface area contributed by atoms with E-state index in [1.165, 1.54) is 148 Å². The average molecular weight is 874 g/mol. The van der Waals surface area contributed by atoms with Gasteiger partial charge in [0.25, 0.3) is 0 Å². The Hall–Kier alpha value is -1.78. The van der Waals surface area contributed by atoms with Crippen LogP contribution in [0.25, 0.3) is 0 Å². The van der Waals surface area contributed by atoms with Crippen LogP contribution in [0.1, 0.15) is 245 Å². The fourth-order valence-electron chi connectivity index (χ4n) is 7.12. The summed E-state index contributed by atoms with van der Waals surface area (Å²) in [5.41, 5.74) is 5.35. The number of carboxylic acid groups (broad SMARTS) is 1. The maximum absolute atomic E-state index is 12.7. The van der Waals surface area contributed by atoms with Crippen LogP contribution in [0.4, 0.5) is 0 Å². The molecule has 0 fully saturated rings. The molecule has 60 heavy (non-hydrogen) atoms. The lowest BCUT2D eigenvalue weighted by molar-refractivity contribution is -0.161. The van der Waals surface area contributed by atoms with Crippen molar-refractivity contribution in [2.45, 2.75) is 257 Å². The summed E-state index contributed by atoms with van der Waals surface area (Å²) in [7, 11) is -4.72. The number of phosphoric acid groups is 1. The van der Waals surface area contributed by atoms with Gasteiger partial charge < -0.3 is 25.2 Å². The van der Waals surface area contributed by atoms with Gasteiger partial charge in [0.2, 0.25) is 0 Å². The van der Waals surface area contributed by atoms with E-state index in [9.17, 15) is 23.8 Å². The fourth-order valence-corrected chi connectivity index (χ4v) is 7.90. The number of phosphoric ester groups is 1. The van der Waals surface area contributed by atoms with Gasteiger partial charge in [0, 0.05) is 12.8 Å². The number of unbranched alkanes of at least 4 members (excludes halogenated alkanes) is 31. The highest BCUT2D eigenvalue weighted by Crippen LogP contribution is 2.43. The quantitative estimate of drug-likeness (QED) is 0.0230. The van der Waals surface area contributed by atoms with Crippen molar-refractivity contribution in [1.82, 2.24) is 0 Å². The first-order valence-corrected chi connectivity index (χ1v) is 26.2. The van der Waals surface area contributed by atoms with Crippen LogP contribution in [0, 0.1) is 0 Å². The minimum absolute atomic E-state index is 0.156. The van der Waals surface area contributed by atoms with Crippen LogP contribution in [0.2, 0.25) is 0 Å². The molecule has 0 saturated heterocycles. The van der Waals surface area contributed by atoms with Crippen LogP contribution in [0.5, 0.6) is 0 Å². The predicted molar refractivity (Wildman–Crippen MR) is 245 cm³/mol. The molecule has 11 nitrogen and oxygen atoms in total. The van der Waals surface area contributed by atoms with E-state index < -0.39 is 51.1 Å². The molecule has 0 aromatic rings. The van der Waals surface area contributed by atoms with Gasteiger partial charge in [-0.2, -0.15) is 0 Å². The van der Waals surface area contributed by atoms with Crippen LogP contribution in [0.15, 0.2) is 12.2 Å². The van der Waals surface area contributed by atoms with Crippen LogP contribution in [-0.2, 0) is 37.5 Å². The zero-order valence-corrected chi connectivity index (χ0v) is 39.5. The number of carboxylic acids is 1. The van der Waals surface area contributed by atoms with Crippen LogP contribution in [-0.4, -0.2) is 59.9 Å². The first kappa shape index (κ1) is 58.2. The summed E-state index contributed by atoms with van der Waals surface area (Å²) in [6.07, 6.45) is 45.6. The summed E-state index contributed by atoms with van der Waals surface area (Å²) in [5, 5.41) is 8.91. The van der Waals surface area contributed by atoms with Crippen LogP contribution >= 0.6 is 7.82 Å². The first-order chi connectivity index (χ1) is 29.1. The van der Waals surface area contributed by atoms with E-state index in [4.69, 9.17) is 24.8 Å². The molecule has 0 aromatic heterocycles. The number of allylic oxidation sites excluding steroid dienone is 2. The van der Waals surface area contributed by atoms with Crippen molar-refractivity contribution in [2.75, 3.05) is 19.8 Å². The molecule has 0 aliphatic carbocycles. The van der Waals surface area contributed by atoms with E-state index in [1.54, 1.807) is 0 Å². The summed E-state index contributed by atoms with van der Waals surface area (Å²) in [6, 6.07) is -1.52. The van der Waals surface area contributed by atoms with Gasteiger partial charge in [-0.15, -0.1) is 0 Å². The Bertz CT molecular complexity index is 1070. The molecule has 12 heteroatoms. The lowest BCUT2D eigenvalue weighted by Gasteiger charge is -2.20. The zero-order valence-electron chi connectivity index (χ0n) is 38.6. The third kappa shape index (κ3) is 42.9. The number of aliphatic carboxylic acids is 1. The lowest BCUT2D eigenvalue weighted by Crippen LogP contribution is -2.34. The molecule has 0 aliphatic rings. The topological polar surface area (TPSA) is 172 Å². The van der Waals surface area contributed by atoms with Gasteiger partial charge in [0.15, 0.2) is 6.10 Å². The molecule has 3 unspecified atom stereocenters. The smallest absolute Gasteiger partial charge is 0.472 e. The lowest BCUT2D eigenvalue weighted by atomic mass is 10.0. The minimum atomic E-state index is -4.72. The number of carbonyl (C=O) groups excluding carboxylic acids is 2. The summed E-state index contributed by atoms with van der Waals surface area (Å²) < 4.78 is 32.8. The molecule has 0 bridgehead atoms. The molecule has 0 amide bonds. The van der Waals surface area contributed by atoms with Gasteiger partial charge in [-0.25, -0.2) is 4.57 Å². The number of carbonyl (C=O) groups is 3. The van der Waals surface area contributed by atoms with E-state index in [0.717, 1.165) is 57.8 Å². The van der Waals surface area contributed by atoms with Crippen LogP contribution < -0.4 is 5.73 Å². The second-order valence-corrected chi connectivity index (χ2v) is 18.4. The van der Waals surface area contributed by atoms with Crippen molar-refractivity contribution in [3.63, 3.8) is 0 Å². The molecular weight excluding hydrogens is 781 g/mol. The van der Waals surface area contributed by atoms with Crippen molar-refractivity contribution in [3.05, 3.63) is 12.2 Å². The van der Waals surface area contributed by atoms with Crippen molar-refractivity contribution in [3.8, 4) is 0 Å². The number of esters is 2. The summed E-state index contributed by atoms with van der Waals surface area (Å²) >= 11 is 0. The van der Waals surface area contributed by atoms with Crippen molar-refractivity contribution in [2.24, 2.45) is 5.73 Å². The number of hydrogen-bond donors (Lipinski definition) is 3. The number of ether oxygens (including phenoxy) is 2. The summed E-state index contributed by atoms with van der Waals surface area (Å²) in [4.78, 5) is 46.1. The predicted octanol–water partition coefficient (Wildman–Crippen LogP) is 13.6. The largest absolute Gasteiger partial charge is 0.480 e. The summed E-state index contributed by atoms with van der Waals surface area (Å²) in [6.45, 7) is 2.84. The SMILES string of the molecule is CCCCCCCCC/C=C\CCCCCCCC(=O)OC(COC(=O)CCCCCCCCCCCCCCCCCCCCCC)COP(=O)(O)OCC(N)C(=O)O. The molecule has 0 aromatic carbocycles. The van der Waals surface area contributed by atoms with Crippen molar-refractivity contribution in [1.29, 1.82) is 0 Å². The van der Waals surface area contributed by atoms with Gasteiger partial charge in [-0.1, -0.05) is 206 Å². The maximum Gasteiger partial charge on any atom is 0.472 e. The second kappa shape index (κ2) is 43.9. The molecule has 0 rings (SSSR count). The van der Waals surface area contributed by atoms with E-state index in [1.807, 2.05) is 0 Å². The Balaban J connectivity index is 4.23. The highest BCUT2D eigenvalue weighted by Gasteiger charge is 2.28. The second-order valence-electron chi connectivity index (χ2n) is 17.0. The Morgan fingerprint density at radius 2 is 0.833 bits per heavy atom. The highest BCUT2D eigenvalue weighted by molar-refractivity contribution is 7.47. The molecule has 0 spiro atoms. The molecule has 3 atom stereocenters. The Morgan fingerprint density at radius 3 is 1.22 bits per heavy atom. The molecule has 0 aliphatic heterocycles. The van der Waals surface area contributed by atoms with Gasteiger partial charge in [-0.05, 0) is 38.5 Å². The third-order valence-corrected chi connectivity index (χ3v) is 12.0. The summed E-state index contributed by atoms with van der Waals surface area (Å²) in [5.74, 6) is -2.37. The zero-order chi connectivity index (χ0) is 44.2. The van der Waals surface area contributed by atoms with Crippen molar-refractivity contribution >= 4 is 25.7 Å². The molecule has 0 heterocycles. The third-order valence-electron chi connectivity index (χ3n) is 11.0. The molecule has 4 N–H and O–H groups in total. The monoisotopic (exact) mass is 874 g/mol. The molecule has 354 valence electrons. The van der Waals surface area contributed by atoms with Crippen LogP contribution in [0.3, 0.4) is 0 Å². The van der Waals surface area contributed by atoms with Gasteiger partial charge in [0.05, 0.1) is 13.2 Å². The molecule has 0 saturated carbocycles. The number of nitrogens with two attached hydrogens (primary N) is 1. The van der Waals surface area contributed by atoms with Gasteiger partial charge >= 0.3 is 25.7 Å². The molecule has 0 radical (unpaired) electrons. The van der Waals surface area contributed by atoms with E-state index >= 15 is 0 Å². The minimum Gasteiger partial charge on any atom is -0.480 e. The van der Waals surface area contributed by atoms with E-state index in [2.05, 4.69) is 30.5 Å². The normalized spacial score (nSPS) is 13.7. The first-order valence-electron chi connectivity index (χ1n) is 24.7. The van der Waals surface area contributed by atoms with Gasteiger partial charge in [0.1, 0.15) is 12.6 Å². The highest BCUT2D eigenvalue weighted by atomic mass is 31.2. The van der Waals surface area contributed by atoms with E-state index in [0.29, 0.717) is 12.8 Å². The fraction of sp³-hybridized carbons (Fsp3) is 0.896. The van der Waals surface area contributed by atoms with Crippen molar-refractivity contribution < 1.29 is 47.5 Å². The number of hydrogen-bond acceptors (Lipinski definition) is 9. The standard InChI is InChI=1S/C48H92NO10P/c1-3-5-7-9-11-13-15-17-19-21-22-23-24-26-27-29-31-33-35-37-39-46(50)56-41-44(42-57-60(54,55)58-43-45(49)48(52)53)59-47(51)40-38-36-34-32-30-28-25-20-18-16-14-12-10-8-6-4-2/h20,25,44-45H,3-19,21-24,26-43,49H2,1-2H3,(H,52,53)(H,54,55)/b25-20-. The Morgan fingerprint density at radius 1 is 0.500 bits per heavy atom. The molecular formula is C48H92NO10P. The number of rotatable bonds is 47. The Kier molecular flexibility index (Phi) is 42.6. The average Bonchev–Trinajstić information content (AvgIpc) is 3.22. The Labute approximate surface area is 367 Å². The van der Waals surface area contributed by atoms with Gasteiger partial charge in [-0.3, -0.25) is 23.4 Å².